The van der Waals surface area contributed by atoms with Crippen molar-refractivity contribution in [3.05, 3.63) is 48.5 Å². The monoisotopic (exact) mass is 514 g/mol. The van der Waals surface area contributed by atoms with Crippen LogP contribution in [0.3, 0.4) is 0 Å². The standard InChI is InChI=1S/C22H28N6O3.C4H10O2/c1-22(2,3)31-21(29)27(12-15-7-5-4-6-8-15)19-18-20(25-13-24-19)28(14-26-18)17-10-9-16(11-23)30-17;1-4(2,5)6-3/h4-8,13-14,16-17H,9-12,23H2,1-3H3;5H,1-3H3. The maximum atomic E-state index is 13.1. The molecule has 2 aromatic heterocycles. The van der Waals surface area contributed by atoms with E-state index in [1.54, 1.807) is 20.2 Å². The number of carbonyl (C=O) groups is 1. The fourth-order valence-electron chi connectivity index (χ4n) is 3.62. The third-order valence-corrected chi connectivity index (χ3v) is 5.55. The Balaban J connectivity index is 0.000000568. The molecule has 0 radical (unpaired) electrons. The van der Waals surface area contributed by atoms with Crippen LogP contribution in [0.1, 0.15) is 59.3 Å². The Morgan fingerprint density at radius 2 is 1.84 bits per heavy atom. The highest BCUT2D eigenvalue weighted by molar-refractivity contribution is 5.95. The van der Waals surface area contributed by atoms with Crippen LogP contribution in [-0.2, 0) is 20.8 Å². The highest BCUT2D eigenvalue weighted by Crippen LogP contribution is 2.32. The molecule has 0 bridgehead atoms. The number of methoxy groups -OCH3 is 1. The van der Waals surface area contributed by atoms with Crippen molar-refractivity contribution in [2.24, 2.45) is 5.73 Å². The van der Waals surface area contributed by atoms with E-state index in [2.05, 4.69) is 19.7 Å². The Kier molecular flexibility index (Phi) is 9.19. The molecule has 11 nitrogen and oxygen atoms in total. The first kappa shape index (κ1) is 28.5. The van der Waals surface area contributed by atoms with Crippen molar-refractivity contribution in [3.8, 4) is 0 Å². The second-order valence-corrected chi connectivity index (χ2v) is 10.3. The lowest BCUT2D eigenvalue weighted by atomic mass is 10.2. The Morgan fingerprint density at radius 1 is 1.16 bits per heavy atom. The summed E-state index contributed by atoms with van der Waals surface area (Å²) in [6.45, 7) is 9.43. The maximum Gasteiger partial charge on any atom is 0.416 e. The quantitative estimate of drug-likeness (QED) is 0.471. The van der Waals surface area contributed by atoms with Gasteiger partial charge in [-0.15, -0.1) is 0 Å². The second kappa shape index (κ2) is 12.0. The first-order valence-electron chi connectivity index (χ1n) is 12.3. The summed E-state index contributed by atoms with van der Waals surface area (Å²) < 4.78 is 18.0. The molecule has 3 N–H and O–H groups in total. The Bertz CT molecular complexity index is 1160. The molecule has 11 heteroatoms. The second-order valence-electron chi connectivity index (χ2n) is 10.3. The summed E-state index contributed by atoms with van der Waals surface area (Å²) in [7, 11) is 1.46. The van der Waals surface area contributed by atoms with Crippen LogP contribution < -0.4 is 10.6 Å². The van der Waals surface area contributed by atoms with Crippen molar-refractivity contribution in [3.63, 3.8) is 0 Å². The summed E-state index contributed by atoms with van der Waals surface area (Å²) in [5, 5.41) is 8.60. The molecule has 1 saturated heterocycles. The van der Waals surface area contributed by atoms with Gasteiger partial charge in [-0.3, -0.25) is 9.47 Å². The summed E-state index contributed by atoms with van der Waals surface area (Å²) in [6.07, 6.45) is 4.18. The average Bonchev–Trinajstić information content (AvgIpc) is 3.49. The van der Waals surface area contributed by atoms with Crippen molar-refractivity contribution in [2.75, 3.05) is 18.6 Å². The zero-order valence-electron chi connectivity index (χ0n) is 22.4. The first-order chi connectivity index (χ1) is 17.4. The first-order valence-corrected chi connectivity index (χ1v) is 12.3. The summed E-state index contributed by atoms with van der Waals surface area (Å²) in [6, 6.07) is 9.69. The molecule has 1 aliphatic heterocycles. The minimum Gasteiger partial charge on any atom is -0.443 e. The van der Waals surface area contributed by atoms with Gasteiger partial charge in [0.25, 0.3) is 0 Å². The molecule has 202 valence electrons. The Morgan fingerprint density at radius 3 is 2.41 bits per heavy atom. The lowest BCUT2D eigenvalue weighted by Crippen LogP contribution is -2.37. The van der Waals surface area contributed by atoms with Crippen LogP contribution in [0.4, 0.5) is 10.6 Å². The molecule has 3 heterocycles. The lowest BCUT2D eigenvalue weighted by molar-refractivity contribution is -0.155. The summed E-state index contributed by atoms with van der Waals surface area (Å²) in [5.41, 5.74) is 7.18. The predicted molar refractivity (Wildman–Crippen MR) is 140 cm³/mol. The van der Waals surface area contributed by atoms with Crippen LogP contribution in [0.2, 0.25) is 0 Å². The normalized spacial score (nSPS) is 17.8. The molecule has 2 atom stereocenters. The molecule has 1 amide bonds. The highest BCUT2D eigenvalue weighted by Gasteiger charge is 2.30. The van der Waals surface area contributed by atoms with E-state index in [4.69, 9.17) is 20.3 Å². The topological polar surface area (TPSA) is 138 Å². The van der Waals surface area contributed by atoms with Gasteiger partial charge in [0.2, 0.25) is 0 Å². The van der Waals surface area contributed by atoms with Gasteiger partial charge in [0.1, 0.15) is 18.2 Å². The summed E-state index contributed by atoms with van der Waals surface area (Å²) >= 11 is 0. The van der Waals surface area contributed by atoms with Gasteiger partial charge in [-0.2, -0.15) is 0 Å². The van der Waals surface area contributed by atoms with Crippen molar-refractivity contribution < 1.29 is 24.1 Å². The molecule has 4 rings (SSSR count). The fourth-order valence-corrected chi connectivity index (χ4v) is 3.62. The molecule has 3 aromatic rings. The fraction of sp³-hybridized carbons (Fsp3) is 0.538. The summed E-state index contributed by atoms with van der Waals surface area (Å²) in [4.78, 5) is 28.0. The Hall–Kier alpha value is -3.12. The van der Waals surface area contributed by atoms with Gasteiger partial charge in [0, 0.05) is 13.7 Å². The molecule has 0 saturated carbocycles. The number of amides is 1. The number of imidazole rings is 1. The number of aliphatic hydroxyl groups is 1. The SMILES string of the molecule is CC(C)(C)OC(=O)N(Cc1ccccc1)c1ncnc2c1ncn2C1CCC(CN)O1.COC(C)(C)O. The minimum absolute atomic E-state index is 0.0279. The molecule has 37 heavy (non-hydrogen) atoms. The van der Waals surface area contributed by atoms with Gasteiger partial charge in [-0.1, -0.05) is 30.3 Å². The van der Waals surface area contributed by atoms with Crippen molar-refractivity contribution >= 4 is 23.1 Å². The van der Waals surface area contributed by atoms with Gasteiger partial charge in [-0.05, 0) is 53.0 Å². The van der Waals surface area contributed by atoms with E-state index in [1.165, 1.54) is 18.3 Å². The zero-order chi connectivity index (χ0) is 27.2. The summed E-state index contributed by atoms with van der Waals surface area (Å²) in [5.74, 6) is -0.560. The molecule has 1 fully saturated rings. The van der Waals surface area contributed by atoms with Gasteiger partial charge < -0.3 is 25.1 Å². The van der Waals surface area contributed by atoms with Gasteiger partial charge >= 0.3 is 6.09 Å². The van der Waals surface area contributed by atoms with E-state index in [0.29, 0.717) is 30.1 Å². The third kappa shape index (κ3) is 7.93. The van der Waals surface area contributed by atoms with Crippen molar-refractivity contribution in [1.82, 2.24) is 19.5 Å². The van der Waals surface area contributed by atoms with Crippen LogP contribution in [0.5, 0.6) is 0 Å². The number of benzene rings is 1. The van der Waals surface area contributed by atoms with Gasteiger partial charge in [0.05, 0.1) is 19.0 Å². The maximum absolute atomic E-state index is 13.1. The number of aromatic nitrogens is 4. The third-order valence-electron chi connectivity index (χ3n) is 5.55. The van der Waals surface area contributed by atoms with Crippen LogP contribution in [0.25, 0.3) is 11.2 Å². The van der Waals surface area contributed by atoms with Gasteiger partial charge in [0.15, 0.2) is 22.8 Å². The van der Waals surface area contributed by atoms with Crippen LogP contribution in [-0.4, -0.2) is 61.9 Å². The number of hydrogen-bond donors (Lipinski definition) is 2. The molecule has 0 spiro atoms. The number of nitrogens with two attached hydrogens (primary N) is 1. The lowest BCUT2D eigenvalue weighted by Gasteiger charge is -2.27. The predicted octanol–water partition coefficient (Wildman–Crippen LogP) is 3.77. The van der Waals surface area contributed by atoms with E-state index in [9.17, 15) is 4.79 Å². The van der Waals surface area contributed by atoms with Crippen LogP contribution in [0.15, 0.2) is 43.0 Å². The number of nitrogens with zero attached hydrogens (tertiary/aromatic N) is 5. The number of anilines is 1. The number of hydrogen-bond acceptors (Lipinski definition) is 9. The van der Waals surface area contributed by atoms with Crippen LogP contribution >= 0.6 is 0 Å². The molecular weight excluding hydrogens is 476 g/mol. The molecule has 1 aromatic carbocycles. The van der Waals surface area contributed by atoms with E-state index in [1.807, 2.05) is 55.7 Å². The molecule has 1 aliphatic rings. The molecular formula is C26H38N6O5. The zero-order valence-corrected chi connectivity index (χ0v) is 22.4. The molecule has 0 aliphatic carbocycles. The minimum atomic E-state index is -0.958. The molecule has 2 unspecified atom stereocenters. The highest BCUT2D eigenvalue weighted by atomic mass is 16.6. The largest absolute Gasteiger partial charge is 0.443 e. The smallest absolute Gasteiger partial charge is 0.416 e. The van der Waals surface area contributed by atoms with Crippen molar-refractivity contribution in [2.45, 2.75) is 77.7 Å². The van der Waals surface area contributed by atoms with E-state index >= 15 is 0 Å². The van der Waals surface area contributed by atoms with E-state index in [0.717, 1.165) is 18.4 Å². The van der Waals surface area contributed by atoms with E-state index < -0.39 is 17.5 Å². The van der Waals surface area contributed by atoms with E-state index in [-0.39, 0.29) is 12.3 Å². The van der Waals surface area contributed by atoms with Crippen molar-refractivity contribution in [1.29, 1.82) is 0 Å². The average molecular weight is 515 g/mol. The number of ether oxygens (including phenoxy) is 3. The number of carbonyl (C=O) groups excluding carboxylic acids is 1. The van der Waals surface area contributed by atoms with Crippen LogP contribution in [0, 0.1) is 0 Å². The van der Waals surface area contributed by atoms with Gasteiger partial charge in [-0.25, -0.2) is 19.7 Å². The number of fused-ring (bicyclic) bond motifs is 1. The Labute approximate surface area is 217 Å². The number of rotatable bonds is 6.